The first-order valence-electron chi connectivity index (χ1n) is 7.26. The molecule has 1 saturated heterocycles. The number of carbonyl (C=O) groups is 1. The molecule has 22 heavy (non-hydrogen) atoms. The lowest BCUT2D eigenvalue weighted by atomic mass is 10.1. The fourth-order valence-corrected chi connectivity index (χ4v) is 3.31. The zero-order valence-corrected chi connectivity index (χ0v) is 12.6. The normalized spacial score (nSPS) is 18.5. The number of fused-ring (bicyclic) bond motifs is 3. The summed E-state index contributed by atoms with van der Waals surface area (Å²) >= 11 is 5.94. The average Bonchev–Trinajstić information content (AvgIpc) is 2.95. The molecule has 5 heteroatoms. The first-order valence-corrected chi connectivity index (χ1v) is 7.80. The molecule has 0 spiro atoms. The van der Waals surface area contributed by atoms with Gasteiger partial charge in [0, 0.05) is 42.0 Å². The summed E-state index contributed by atoms with van der Waals surface area (Å²) in [6.45, 7) is 0.665. The molecule has 3 aromatic rings. The van der Waals surface area contributed by atoms with Crippen molar-refractivity contribution in [3.63, 3.8) is 0 Å². The van der Waals surface area contributed by atoms with Crippen molar-refractivity contribution in [2.45, 2.75) is 6.42 Å². The molecule has 0 saturated carbocycles. The maximum atomic E-state index is 12.4. The molecule has 1 aliphatic heterocycles. The van der Waals surface area contributed by atoms with E-state index in [0.29, 0.717) is 18.8 Å². The van der Waals surface area contributed by atoms with Gasteiger partial charge in [0.2, 0.25) is 5.91 Å². The third-order valence-electron chi connectivity index (χ3n) is 4.15. The Morgan fingerprint density at radius 3 is 2.73 bits per heavy atom. The maximum Gasteiger partial charge on any atom is 0.227 e. The Kier molecular flexibility index (Phi) is 3.19. The summed E-state index contributed by atoms with van der Waals surface area (Å²) in [5, 5.41) is 1.95. The lowest BCUT2D eigenvalue weighted by Crippen LogP contribution is -2.25. The third-order valence-corrected chi connectivity index (χ3v) is 4.59. The van der Waals surface area contributed by atoms with Crippen LogP contribution in [-0.4, -0.2) is 28.3 Å². The second kappa shape index (κ2) is 5.21. The van der Waals surface area contributed by atoms with Crippen molar-refractivity contribution in [2.24, 2.45) is 5.92 Å². The summed E-state index contributed by atoms with van der Waals surface area (Å²) in [7, 11) is 0. The summed E-state index contributed by atoms with van der Waals surface area (Å²) < 4.78 is 0. The van der Waals surface area contributed by atoms with Crippen LogP contribution in [0.15, 0.2) is 42.7 Å². The van der Waals surface area contributed by atoms with E-state index in [2.05, 4.69) is 9.97 Å². The second-order valence-electron chi connectivity index (χ2n) is 5.60. The summed E-state index contributed by atoms with van der Waals surface area (Å²) in [5.41, 5.74) is 2.60. The van der Waals surface area contributed by atoms with Gasteiger partial charge in [0.1, 0.15) is 0 Å². The van der Waals surface area contributed by atoms with Crippen molar-refractivity contribution in [3.05, 3.63) is 42.7 Å². The molecule has 1 aromatic carbocycles. The van der Waals surface area contributed by atoms with E-state index in [4.69, 9.17) is 11.6 Å². The number of amides is 1. The summed E-state index contributed by atoms with van der Waals surface area (Å²) in [6, 6.07) is 9.81. The first kappa shape index (κ1) is 13.5. The number of benzene rings is 1. The largest absolute Gasteiger partial charge is 0.311 e. The van der Waals surface area contributed by atoms with Gasteiger partial charge in [0.25, 0.3) is 0 Å². The van der Waals surface area contributed by atoms with Gasteiger partial charge in [-0.25, -0.2) is 0 Å². The molecule has 4 rings (SSSR count). The molecule has 0 bridgehead atoms. The molecule has 1 aliphatic rings. The Labute approximate surface area is 132 Å². The zero-order valence-electron chi connectivity index (χ0n) is 11.9. The molecule has 0 N–H and O–H groups in total. The van der Waals surface area contributed by atoms with Crippen molar-refractivity contribution in [2.75, 3.05) is 17.3 Å². The number of alkyl halides is 1. The maximum absolute atomic E-state index is 12.4. The Balaban J connectivity index is 1.98. The van der Waals surface area contributed by atoms with E-state index in [1.165, 1.54) is 0 Å². The van der Waals surface area contributed by atoms with E-state index in [1.54, 1.807) is 12.4 Å². The van der Waals surface area contributed by atoms with Crippen molar-refractivity contribution in [3.8, 4) is 0 Å². The summed E-state index contributed by atoms with van der Waals surface area (Å²) in [4.78, 5) is 23.1. The smallest absolute Gasteiger partial charge is 0.227 e. The van der Waals surface area contributed by atoms with Gasteiger partial charge in [-0.1, -0.05) is 6.07 Å². The average molecular weight is 312 g/mol. The standard InChI is InChI=1S/C17H14ClN3O/c18-9-11-7-15(22)21(10-11)14-8-12-3-1-5-19-16(12)17-13(14)4-2-6-20-17/h1-6,8,11H,7,9-10H2. The highest BCUT2D eigenvalue weighted by Gasteiger charge is 2.31. The monoisotopic (exact) mass is 311 g/mol. The lowest BCUT2D eigenvalue weighted by molar-refractivity contribution is -0.117. The van der Waals surface area contributed by atoms with Crippen LogP contribution >= 0.6 is 11.6 Å². The topological polar surface area (TPSA) is 46.1 Å². The number of hydrogen-bond donors (Lipinski definition) is 0. The third kappa shape index (κ3) is 2.03. The van der Waals surface area contributed by atoms with Crippen LogP contribution in [0.2, 0.25) is 0 Å². The van der Waals surface area contributed by atoms with Crippen molar-refractivity contribution in [1.82, 2.24) is 9.97 Å². The minimum atomic E-state index is 0.124. The number of anilines is 1. The number of hydrogen-bond acceptors (Lipinski definition) is 3. The van der Waals surface area contributed by atoms with E-state index < -0.39 is 0 Å². The summed E-state index contributed by atoms with van der Waals surface area (Å²) in [6.07, 6.45) is 4.03. The predicted molar refractivity (Wildman–Crippen MR) is 88.2 cm³/mol. The van der Waals surface area contributed by atoms with Gasteiger partial charge >= 0.3 is 0 Å². The van der Waals surface area contributed by atoms with Gasteiger partial charge in [-0.2, -0.15) is 0 Å². The second-order valence-corrected chi connectivity index (χ2v) is 5.91. The Hall–Kier alpha value is -2.20. The number of nitrogens with zero attached hydrogens (tertiary/aromatic N) is 3. The number of halogens is 1. The minimum absolute atomic E-state index is 0.124. The molecule has 1 amide bonds. The Morgan fingerprint density at radius 2 is 1.95 bits per heavy atom. The van der Waals surface area contributed by atoms with Gasteiger partial charge in [-0.05, 0) is 30.2 Å². The fraction of sp³-hybridized carbons (Fsp3) is 0.235. The molecule has 1 unspecified atom stereocenters. The van der Waals surface area contributed by atoms with E-state index in [-0.39, 0.29) is 11.8 Å². The number of pyridine rings is 2. The number of aromatic nitrogens is 2. The molecular weight excluding hydrogens is 298 g/mol. The Morgan fingerprint density at radius 1 is 1.18 bits per heavy atom. The first-order chi connectivity index (χ1) is 10.8. The lowest BCUT2D eigenvalue weighted by Gasteiger charge is -2.19. The van der Waals surface area contributed by atoms with E-state index in [1.807, 2.05) is 35.2 Å². The quantitative estimate of drug-likeness (QED) is 0.538. The molecule has 4 nitrogen and oxygen atoms in total. The van der Waals surface area contributed by atoms with Gasteiger partial charge in [0.05, 0.1) is 16.7 Å². The molecule has 1 fully saturated rings. The van der Waals surface area contributed by atoms with Crippen LogP contribution in [0.5, 0.6) is 0 Å². The van der Waals surface area contributed by atoms with Crippen LogP contribution in [0.3, 0.4) is 0 Å². The fourth-order valence-electron chi connectivity index (χ4n) is 3.10. The van der Waals surface area contributed by atoms with Crippen LogP contribution in [0.1, 0.15) is 6.42 Å². The SMILES string of the molecule is O=C1CC(CCl)CN1c1cc2cccnc2c2ncccc12. The van der Waals surface area contributed by atoms with Gasteiger partial charge < -0.3 is 4.90 Å². The molecule has 110 valence electrons. The zero-order chi connectivity index (χ0) is 15.1. The van der Waals surface area contributed by atoms with E-state index >= 15 is 0 Å². The van der Waals surface area contributed by atoms with Gasteiger partial charge in [0.15, 0.2) is 0 Å². The molecule has 0 aliphatic carbocycles. The van der Waals surface area contributed by atoms with Crippen LogP contribution in [0, 0.1) is 5.92 Å². The highest BCUT2D eigenvalue weighted by atomic mass is 35.5. The van der Waals surface area contributed by atoms with Crippen molar-refractivity contribution in [1.29, 1.82) is 0 Å². The molecule has 1 atom stereocenters. The van der Waals surface area contributed by atoms with E-state index in [9.17, 15) is 4.79 Å². The van der Waals surface area contributed by atoms with Crippen LogP contribution in [0.4, 0.5) is 5.69 Å². The van der Waals surface area contributed by atoms with Gasteiger partial charge in [-0.3, -0.25) is 14.8 Å². The van der Waals surface area contributed by atoms with E-state index in [0.717, 1.165) is 27.5 Å². The number of carbonyl (C=O) groups excluding carboxylic acids is 1. The van der Waals surface area contributed by atoms with Crippen molar-refractivity contribution >= 4 is 45.0 Å². The van der Waals surface area contributed by atoms with Crippen LogP contribution in [-0.2, 0) is 4.79 Å². The van der Waals surface area contributed by atoms with Crippen LogP contribution < -0.4 is 4.90 Å². The molecule has 0 radical (unpaired) electrons. The van der Waals surface area contributed by atoms with Gasteiger partial charge in [-0.15, -0.1) is 11.6 Å². The Bertz CT molecular complexity index is 880. The minimum Gasteiger partial charge on any atom is -0.311 e. The van der Waals surface area contributed by atoms with Crippen LogP contribution in [0.25, 0.3) is 21.8 Å². The molecule has 3 heterocycles. The molecular formula is C17H14ClN3O. The van der Waals surface area contributed by atoms with Crippen molar-refractivity contribution < 1.29 is 4.79 Å². The highest BCUT2D eigenvalue weighted by molar-refractivity contribution is 6.18. The number of rotatable bonds is 2. The molecule has 2 aromatic heterocycles. The summed E-state index contributed by atoms with van der Waals surface area (Å²) in [5.74, 6) is 0.845. The highest BCUT2D eigenvalue weighted by Crippen LogP contribution is 2.35. The predicted octanol–water partition coefficient (Wildman–Crippen LogP) is 3.37.